The van der Waals surface area contributed by atoms with E-state index in [-0.39, 0.29) is 12.4 Å². The molecule has 4 aromatic rings. The van der Waals surface area contributed by atoms with Crippen LogP contribution in [0.25, 0.3) is 32.9 Å². The molecular weight excluding hydrogens is 358 g/mol. The number of aliphatic hydroxyl groups is 1. The Bertz CT molecular complexity index is 1210. The third-order valence-corrected chi connectivity index (χ3v) is 5.33. The fraction of sp³-hybridized carbons (Fsp3) is 0.154. The molecule has 29 heavy (non-hydrogen) atoms. The third kappa shape index (κ3) is 3.82. The Morgan fingerprint density at radius 3 is 2.62 bits per heavy atom. The summed E-state index contributed by atoms with van der Waals surface area (Å²) in [7, 11) is 0. The second-order valence-electron chi connectivity index (χ2n) is 7.20. The van der Waals surface area contributed by atoms with Crippen LogP contribution in [0.2, 0.25) is 0 Å². The highest BCUT2D eigenvalue weighted by Gasteiger charge is 2.13. The van der Waals surface area contributed by atoms with Gasteiger partial charge in [-0.3, -0.25) is 0 Å². The number of phenolic OH excluding ortho intramolecular Hbond substituents is 1. The van der Waals surface area contributed by atoms with Crippen molar-refractivity contribution < 1.29 is 10.2 Å². The molecule has 0 bridgehead atoms. The van der Waals surface area contributed by atoms with Crippen molar-refractivity contribution in [1.29, 1.82) is 0 Å². The minimum atomic E-state index is 0.0495. The van der Waals surface area contributed by atoms with Gasteiger partial charge in [-0.2, -0.15) is 0 Å². The van der Waals surface area contributed by atoms with Crippen LogP contribution in [0.4, 0.5) is 0 Å². The van der Waals surface area contributed by atoms with E-state index in [1.165, 1.54) is 16.2 Å². The summed E-state index contributed by atoms with van der Waals surface area (Å²) in [5, 5.41) is 23.3. The number of benzene rings is 3. The van der Waals surface area contributed by atoms with Gasteiger partial charge in [-0.05, 0) is 54.0 Å². The largest absolute Gasteiger partial charge is 0.508 e. The van der Waals surface area contributed by atoms with E-state index in [2.05, 4.69) is 59.2 Å². The normalized spacial score (nSPS) is 12.4. The van der Waals surface area contributed by atoms with Gasteiger partial charge in [0.05, 0.1) is 6.61 Å². The Morgan fingerprint density at radius 1 is 0.966 bits per heavy atom. The van der Waals surface area contributed by atoms with Gasteiger partial charge in [0.15, 0.2) is 0 Å². The van der Waals surface area contributed by atoms with Crippen molar-refractivity contribution in [2.24, 2.45) is 0 Å². The molecule has 1 aromatic heterocycles. The summed E-state index contributed by atoms with van der Waals surface area (Å²) in [6.45, 7) is 2.69. The molecule has 0 spiro atoms. The summed E-state index contributed by atoms with van der Waals surface area (Å²) in [6.07, 6.45) is 6.90. The molecule has 0 saturated carbocycles. The van der Waals surface area contributed by atoms with Gasteiger partial charge in [-0.1, -0.05) is 60.7 Å². The van der Waals surface area contributed by atoms with Crippen molar-refractivity contribution >= 4 is 21.7 Å². The number of fused-ring (bicyclic) bond motifs is 3. The fourth-order valence-corrected chi connectivity index (χ4v) is 3.82. The van der Waals surface area contributed by atoms with Crippen LogP contribution in [0, 0.1) is 0 Å². The second kappa shape index (κ2) is 8.38. The number of hydrogen-bond donors (Lipinski definition) is 2. The van der Waals surface area contributed by atoms with Gasteiger partial charge in [-0.15, -0.1) is 0 Å². The van der Waals surface area contributed by atoms with Crippen LogP contribution in [-0.4, -0.2) is 21.4 Å². The van der Waals surface area contributed by atoms with E-state index in [9.17, 15) is 10.2 Å². The topological polar surface area (TPSA) is 45.4 Å². The lowest BCUT2D eigenvalue weighted by Crippen LogP contribution is -2.00. The van der Waals surface area contributed by atoms with Gasteiger partial charge in [0.1, 0.15) is 5.75 Å². The van der Waals surface area contributed by atoms with Gasteiger partial charge in [0.25, 0.3) is 0 Å². The molecule has 0 atom stereocenters. The van der Waals surface area contributed by atoms with E-state index < -0.39 is 0 Å². The number of aromatic nitrogens is 1. The predicted molar refractivity (Wildman–Crippen MR) is 121 cm³/mol. The van der Waals surface area contributed by atoms with E-state index in [1.54, 1.807) is 12.1 Å². The Labute approximate surface area is 170 Å². The number of phenols is 1. The van der Waals surface area contributed by atoms with Crippen molar-refractivity contribution in [2.45, 2.75) is 19.9 Å². The zero-order valence-corrected chi connectivity index (χ0v) is 16.5. The van der Waals surface area contributed by atoms with Gasteiger partial charge in [-0.25, -0.2) is 0 Å². The van der Waals surface area contributed by atoms with Gasteiger partial charge < -0.3 is 14.8 Å². The molecule has 3 aromatic carbocycles. The minimum Gasteiger partial charge on any atom is -0.508 e. The maximum absolute atomic E-state index is 10.0. The molecule has 3 nitrogen and oxygen atoms in total. The Balaban J connectivity index is 1.91. The summed E-state index contributed by atoms with van der Waals surface area (Å²) in [6, 6.07) is 22.3. The highest BCUT2D eigenvalue weighted by Crippen LogP contribution is 2.34. The molecule has 0 amide bonds. The third-order valence-electron chi connectivity index (χ3n) is 5.33. The summed E-state index contributed by atoms with van der Waals surface area (Å²) < 4.78 is 2.25. The molecule has 146 valence electrons. The first kappa shape index (κ1) is 19.0. The number of allylic oxidation sites excluding steroid dienone is 3. The van der Waals surface area contributed by atoms with Crippen molar-refractivity contribution in [2.75, 3.05) is 6.61 Å². The van der Waals surface area contributed by atoms with Crippen LogP contribution in [0.5, 0.6) is 5.75 Å². The van der Waals surface area contributed by atoms with E-state index in [0.717, 1.165) is 28.8 Å². The van der Waals surface area contributed by atoms with Crippen LogP contribution >= 0.6 is 0 Å². The zero-order valence-electron chi connectivity index (χ0n) is 16.5. The molecule has 0 radical (unpaired) electrons. The Hall–Kier alpha value is -3.30. The fourth-order valence-electron chi connectivity index (χ4n) is 3.82. The standard InChI is InChI=1S/C26H25NO2/c1-2-3-7-19(18-28)14-15-27-25-13-12-20-8-4-5-11-23(20)24(25)17-26(27)21-9-6-10-22(29)16-21/h2-6,8-14,16-17,28-29H,7,15,18H2,1H3/b3-2-,19-14+. The molecule has 0 aliphatic heterocycles. The lowest BCUT2D eigenvalue weighted by atomic mass is 10.1. The van der Waals surface area contributed by atoms with E-state index in [1.807, 2.05) is 25.1 Å². The van der Waals surface area contributed by atoms with Crippen molar-refractivity contribution in [1.82, 2.24) is 4.57 Å². The molecule has 0 unspecified atom stereocenters. The lowest BCUT2D eigenvalue weighted by molar-refractivity contribution is 0.328. The Morgan fingerprint density at radius 2 is 1.83 bits per heavy atom. The first-order chi connectivity index (χ1) is 14.2. The van der Waals surface area contributed by atoms with Crippen LogP contribution in [-0.2, 0) is 6.54 Å². The van der Waals surface area contributed by atoms with E-state index in [4.69, 9.17) is 0 Å². The number of rotatable bonds is 6. The number of aromatic hydroxyl groups is 1. The van der Waals surface area contributed by atoms with Crippen LogP contribution < -0.4 is 0 Å². The summed E-state index contributed by atoms with van der Waals surface area (Å²) in [4.78, 5) is 0. The van der Waals surface area contributed by atoms with Gasteiger partial charge in [0, 0.05) is 28.7 Å². The average Bonchev–Trinajstić information content (AvgIpc) is 3.13. The maximum Gasteiger partial charge on any atom is 0.116 e. The zero-order chi connectivity index (χ0) is 20.2. The molecule has 2 N–H and O–H groups in total. The van der Waals surface area contributed by atoms with Crippen molar-refractivity contribution in [3.63, 3.8) is 0 Å². The molecule has 0 fully saturated rings. The van der Waals surface area contributed by atoms with E-state index in [0.29, 0.717) is 6.54 Å². The van der Waals surface area contributed by atoms with Crippen molar-refractivity contribution in [3.05, 3.63) is 90.5 Å². The summed E-state index contributed by atoms with van der Waals surface area (Å²) in [5.41, 5.74) is 4.15. The molecule has 0 aliphatic carbocycles. The molecule has 0 aliphatic rings. The lowest BCUT2D eigenvalue weighted by Gasteiger charge is -2.11. The van der Waals surface area contributed by atoms with Gasteiger partial charge >= 0.3 is 0 Å². The first-order valence-electron chi connectivity index (χ1n) is 9.91. The summed E-state index contributed by atoms with van der Waals surface area (Å²) >= 11 is 0. The SMILES string of the molecule is C/C=C\C/C(=C\Cn1c(-c2cccc(O)c2)cc2c3ccccc3ccc21)CO. The molecule has 1 heterocycles. The van der Waals surface area contributed by atoms with E-state index >= 15 is 0 Å². The first-order valence-corrected chi connectivity index (χ1v) is 9.91. The Kier molecular flexibility index (Phi) is 5.50. The summed E-state index contributed by atoms with van der Waals surface area (Å²) in [5.74, 6) is 0.254. The molecule has 3 heteroatoms. The molecular formula is C26H25NO2. The monoisotopic (exact) mass is 383 g/mol. The quantitative estimate of drug-likeness (QED) is 0.398. The van der Waals surface area contributed by atoms with Crippen molar-refractivity contribution in [3.8, 4) is 17.0 Å². The highest BCUT2D eigenvalue weighted by molar-refractivity contribution is 6.08. The second-order valence-corrected chi connectivity index (χ2v) is 7.20. The number of aliphatic hydroxyl groups excluding tert-OH is 1. The minimum absolute atomic E-state index is 0.0495. The van der Waals surface area contributed by atoms with Crippen LogP contribution in [0.15, 0.2) is 90.5 Å². The average molecular weight is 383 g/mol. The molecule has 4 rings (SSSR count). The maximum atomic E-state index is 10.0. The van der Waals surface area contributed by atoms with Gasteiger partial charge in [0.2, 0.25) is 0 Å². The molecule has 0 saturated heterocycles. The number of hydrogen-bond acceptors (Lipinski definition) is 2. The highest BCUT2D eigenvalue weighted by atomic mass is 16.3. The smallest absolute Gasteiger partial charge is 0.116 e. The number of nitrogens with zero attached hydrogens (tertiary/aromatic N) is 1. The predicted octanol–water partition coefficient (Wildman–Crippen LogP) is 6.05. The van der Waals surface area contributed by atoms with Crippen LogP contribution in [0.1, 0.15) is 13.3 Å². The van der Waals surface area contributed by atoms with Crippen LogP contribution in [0.3, 0.4) is 0 Å².